The molecule has 0 atom stereocenters. The molecule has 1 N–H and O–H groups in total. The third-order valence-electron chi connectivity index (χ3n) is 1.95. The van der Waals surface area contributed by atoms with Crippen molar-refractivity contribution in [3.63, 3.8) is 0 Å². The first kappa shape index (κ1) is 12.6. The first-order valence-electron chi connectivity index (χ1n) is 4.96. The largest absolute Gasteiger partial charge is 0.313 e. The summed E-state index contributed by atoms with van der Waals surface area (Å²) in [6, 6.07) is 5.55. The van der Waals surface area contributed by atoms with Crippen LogP contribution < -0.4 is 5.32 Å². The Bertz CT molecular complexity index is 338. The number of nitrogens with one attached hydrogen (secondary N) is 1. The van der Waals surface area contributed by atoms with Crippen molar-refractivity contribution in [2.24, 2.45) is 0 Å². The standard InChI is InChI=1S/C12H15Cl2N/c1-3-15-8-9(2)4-10-5-11(13)7-12(14)6-10/h4-7,15H,3,8H2,1-2H3. The van der Waals surface area contributed by atoms with E-state index < -0.39 is 0 Å². The van der Waals surface area contributed by atoms with Gasteiger partial charge in [-0.2, -0.15) is 0 Å². The van der Waals surface area contributed by atoms with E-state index in [0.717, 1.165) is 18.7 Å². The van der Waals surface area contributed by atoms with Gasteiger partial charge in [0.05, 0.1) is 0 Å². The topological polar surface area (TPSA) is 12.0 Å². The Morgan fingerprint density at radius 1 is 1.27 bits per heavy atom. The molecule has 0 saturated carbocycles. The van der Waals surface area contributed by atoms with E-state index in [0.29, 0.717) is 10.0 Å². The minimum atomic E-state index is 0.671. The van der Waals surface area contributed by atoms with Gasteiger partial charge in [-0.3, -0.25) is 0 Å². The van der Waals surface area contributed by atoms with Crippen LogP contribution in [-0.4, -0.2) is 13.1 Å². The monoisotopic (exact) mass is 243 g/mol. The molecule has 0 unspecified atom stereocenters. The van der Waals surface area contributed by atoms with Gasteiger partial charge in [-0.05, 0) is 37.2 Å². The second kappa shape index (κ2) is 6.16. The minimum Gasteiger partial charge on any atom is -0.313 e. The Hall–Kier alpha value is -0.500. The number of halogens is 2. The summed E-state index contributed by atoms with van der Waals surface area (Å²) in [5.41, 5.74) is 2.30. The number of hydrogen-bond acceptors (Lipinski definition) is 1. The second-order valence-corrected chi connectivity index (χ2v) is 4.35. The lowest BCUT2D eigenvalue weighted by atomic mass is 10.1. The molecule has 1 aromatic carbocycles. The van der Waals surface area contributed by atoms with E-state index in [1.165, 1.54) is 5.57 Å². The lowest BCUT2D eigenvalue weighted by molar-refractivity contribution is 0.778. The molecule has 82 valence electrons. The summed E-state index contributed by atoms with van der Waals surface area (Å²) in [5.74, 6) is 0. The molecular formula is C12H15Cl2N. The van der Waals surface area contributed by atoms with Crippen molar-refractivity contribution >= 4 is 29.3 Å². The molecule has 1 aromatic rings. The van der Waals surface area contributed by atoms with Gasteiger partial charge in [0.15, 0.2) is 0 Å². The lowest BCUT2D eigenvalue weighted by Gasteiger charge is -2.03. The molecule has 0 radical (unpaired) electrons. The van der Waals surface area contributed by atoms with E-state index in [1.54, 1.807) is 6.07 Å². The molecule has 0 spiro atoms. The van der Waals surface area contributed by atoms with E-state index in [9.17, 15) is 0 Å². The zero-order chi connectivity index (χ0) is 11.3. The lowest BCUT2D eigenvalue weighted by Crippen LogP contribution is -2.14. The normalized spacial score (nSPS) is 11.9. The van der Waals surface area contributed by atoms with Crippen LogP contribution >= 0.6 is 23.2 Å². The molecule has 3 heteroatoms. The van der Waals surface area contributed by atoms with Crippen molar-refractivity contribution in [2.45, 2.75) is 13.8 Å². The van der Waals surface area contributed by atoms with Crippen LogP contribution in [0.3, 0.4) is 0 Å². The Labute approximate surface area is 101 Å². The number of hydrogen-bond donors (Lipinski definition) is 1. The highest BCUT2D eigenvalue weighted by Gasteiger charge is 1.96. The molecule has 0 aromatic heterocycles. The Balaban J connectivity index is 2.78. The molecule has 0 aliphatic rings. The molecule has 15 heavy (non-hydrogen) atoms. The van der Waals surface area contributed by atoms with Crippen LogP contribution in [0.15, 0.2) is 23.8 Å². The second-order valence-electron chi connectivity index (χ2n) is 3.47. The molecule has 0 aliphatic carbocycles. The quantitative estimate of drug-likeness (QED) is 0.843. The van der Waals surface area contributed by atoms with E-state index in [2.05, 4.69) is 25.2 Å². The molecule has 0 aliphatic heterocycles. The van der Waals surface area contributed by atoms with Gasteiger partial charge in [0.1, 0.15) is 0 Å². The van der Waals surface area contributed by atoms with Gasteiger partial charge in [-0.25, -0.2) is 0 Å². The molecule has 0 amide bonds. The maximum absolute atomic E-state index is 5.91. The van der Waals surface area contributed by atoms with Gasteiger partial charge in [0.2, 0.25) is 0 Å². The van der Waals surface area contributed by atoms with Crippen molar-refractivity contribution in [3.8, 4) is 0 Å². The van der Waals surface area contributed by atoms with E-state index >= 15 is 0 Å². The fourth-order valence-corrected chi connectivity index (χ4v) is 1.86. The van der Waals surface area contributed by atoms with Crippen molar-refractivity contribution in [1.82, 2.24) is 5.32 Å². The zero-order valence-electron chi connectivity index (χ0n) is 8.98. The average molecular weight is 244 g/mol. The van der Waals surface area contributed by atoms with Crippen molar-refractivity contribution in [2.75, 3.05) is 13.1 Å². The molecule has 0 saturated heterocycles. The summed E-state index contributed by atoms with van der Waals surface area (Å²) in [7, 11) is 0. The maximum Gasteiger partial charge on any atom is 0.0426 e. The Morgan fingerprint density at radius 2 is 1.87 bits per heavy atom. The van der Waals surface area contributed by atoms with Crippen LogP contribution in [0.4, 0.5) is 0 Å². The van der Waals surface area contributed by atoms with Crippen LogP contribution in [0.25, 0.3) is 6.08 Å². The third-order valence-corrected chi connectivity index (χ3v) is 2.39. The highest BCUT2D eigenvalue weighted by molar-refractivity contribution is 6.34. The predicted molar refractivity (Wildman–Crippen MR) is 68.7 cm³/mol. The van der Waals surface area contributed by atoms with E-state index in [4.69, 9.17) is 23.2 Å². The van der Waals surface area contributed by atoms with Crippen LogP contribution in [0.5, 0.6) is 0 Å². The summed E-state index contributed by atoms with van der Waals surface area (Å²) in [4.78, 5) is 0. The van der Waals surface area contributed by atoms with Gasteiger partial charge in [0, 0.05) is 16.6 Å². The maximum atomic E-state index is 5.91. The molecule has 1 nitrogen and oxygen atoms in total. The summed E-state index contributed by atoms with van der Waals surface area (Å²) in [6.07, 6.45) is 2.08. The molecule has 1 rings (SSSR count). The number of benzene rings is 1. The first-order chi connectivity index (χ1) is 7.11. The fraction of sp³-hybridized carbons (Fsp3) is 0.333. The fourth-order valence-electron chi connectivity index (χ4n) is 1.32. The SMILES string of the molecule is CCNCC(C)=Cc1cc(Cl)cc(Cl)c1. The Morgan fingerprint density at radius 3 is 2.40 bits per heavy atom. The molecule has 0 heterocycles. The van der Waals surface area contributed by atoms with Crippen LogP contribution in [0.2, 0.25) is 10.0 Å². The van der Waals surface area contributed by atoms with Crippen molar-refractivity contribution in [3.05, 3.63) is 39.4 Å². The summed E-state index contributed by atoms with van der Waals surface area (Å²) in [5, 5.41) is 4.61. The van der Waals surface area contributed by atoms with E-state index in [-0.39, 0.29) is 0 Å². The molecular weight excluding hydrogens is 229 g/mol. The zero-order valence-corrected chi connectivity index (χ0v) is 10.5. The number of likely N-dealkylation sites (N-methyl/N-ethyl adjacent to an activating group) is 1. The van der Waals surface area contributed by atoms with Crippen LogP contribution in [-0.2, 0) is 0 Å². The summed E-state index contributed by atoms with van der Waals surface area (Å²) >= 11 is 11.8. The highest BCUT2D eigenvalue weighted by Crippen LogP contribution is 2.20. The molecule has 0 fully saturated rings. The Kier molecular flexibility index (Phi) is 5.16. The highest BCUT2D eigenvalue weighted by atomic mass is 35.5. The minimum absolute atomic E-state index is 0.671. The van der Waals surface area contributed by atoms with Crippen molar-refractivity contribution in [1.29, 1.82) is 0 Å². The van der Waals surface area contributed by atoms with Crippen LogP contribution in [0.1, 0.15) is 19.4 Å². The van der Waals surface area contributed by atoms with Gasteiger partial charge in [-0.1, -0.05) is 41.8 Å². The predicted octanol–water partition coefficient (Wildman–Crippen LogP) is 4.01. The average Bonchev–Trinajstić information content (AvgIpc) is 2.13. The summed E-state index contributed by atoms with van der Waals surface area (Å²) in [6.45, 7) is 6.03. The van der Waals surface area contributed by atoms with Crippen molar-refractivity contribution < 1.29 is 0 Å². The molecule has 0 bridgehead atoms. The van der Waals surface area contributed by atoms with Gasteiger partial charge in [0.25, 0.3) is 0 Å². The van der Waals surface area contributed by atoms with Crippen LogP contribution in [0, 0.1) is 0 Å². The van der Waals surface area contributed by atoms with Gasteiger partial charge < -0.3 is 5.32 Å². The van der Waals surface area contributed by atoms with Gasteiger partial charge >= 0.3 is 0 Å². The smallest absolute Gasteiger partial charge is 0.0426 e. The third kappa shape index (κ3) is 4.70. The van der Waals surface area contributed by atoms with E-state index in [1.807, 2.05) is 12.1 Å². The first-order valence-corrected chi connectivity index (χ1v) is 5.71. The summed E-state index contributed by atoms with van der Waals surface area (Å²) < 4.78 is 0. The van der Waals surface area contributed by atoms with Gasteiger partial charge in [-0.15, -0.1) is 0 Å². The number of rotatable bonds is 4.